The molecule has 1 nitrogen and oxygen atoms in total. The number of hydrogen-bond acceptors (Lipinski definition) is 2. The molecule has 1 fully saturated rings. The lowest BCUT2D eigenvalue weighted by Crippen LogP contribution is -2.55. The Morgan fingerprint density at radius 1 is 1.18 bits per heavy atom. The Labute approximate surface area is 67.5 Å². The van der Waals surface area contributed by atoms with E-state index in [1.807, 2.05) is 0 Å². The molecule has 0 aromatic heterocycles. The zero-order chi connectivity index (χ0) is 8.54. The first kappa shape index (κ1) is 9.19. The van der Waals surface area contributed by atoms with Gasteiger partial charge >= 0.3 is 6.18 Å². The van der Waals surface area contributed by atoms with Gasteiger partial charge in [0.1, 0.15) is 5.54 Å². The molecule has 1 aliphatic rings. The van der Waals surface area contributed by atoms with Gasteiger partial charge in [0.05, 0.1) is 0 Å². The molecule has 1 aliphatic heterocycles. The van der Waals surface area contributed by atoms with Gasteiger partial charge in [-0.1, -0.05) is 0 Å². The van der Waals surface area contributed by atoms with Gasteiger partial charge < -0.3 is 5.73 Å². The predicted octanol–water partition coefficient (Wildman–Crippen LogP) is 1.77. The minimum absolute atomic E-state index is 0.0567. The van der Waals surface area contributed by atoms with E-state index in [9.17, 15) is 13.2 Å². The smallest absolute Gasteiger partial charge is 0.318 e. The zero-order valence-electron chi connectivity index (χ0n) is 5.95. The molecule has 1 rings (SSSR count). The molecule has 66 valence electrons. The first-order valence-corrected chi connectivity index (χ1v) is 4.54. The molecule has 0 aromatic rings. The third kappa shape index (κ3) is 1.82. The van der Waals surface area contributed by atoms with E-state index in [1.165, 1.54) is 11.8 Å². The van der Waals surface area contributed by atoms with E-state index >= 15 is 0 Å². The number of alkyl halides is 3. The van der Waals surface area contributed by atoms with Crippen molar-refractivity contribution in [2.75, 3.05) is 11.5 Å². The van der Waals surface area contributed by atoms with Crippen molar-refractivity contribution in [3.63, 3.8) is 0 Å². The maximum Gasteiger partial charge on any atom is 0.406 e. The van der Waals surface area contributed by atoms with Crippen LogP contribution in [0.4, 0.5) is 13.2 Å². The van der Waals surface area contributed by atoms with Gasteiger partial charge in [-0.25, -0.2) is 0 Å². The quantitative estimate of drug-likeness (QED) is 0.622. The van der Waals surface area contributed by atoms with Gasteiger partial charge in [0.15, 0.2) is 0 Å². The van der Waals surface area contributed by atoms with Crippen molar-refractivity contribution in [1.29, 1.82) is 0 Å². The fourth-order valence-corrected chi connectivity index (χ4v) is 2.24. The van der Waals surface area contributed by atoms with E-state index < -0.39 is 11.7 Å². The lowest BCUT2D eigenvalue weighted by molar-refractivity contribution is -0.187. The Hall–Kier alpha value is 0.100. The van der Waals surface area contributed by atoms with Crippen LogP contribution in [-0.4, -0.2) is 23.2 Å². The minimum atomic E-state index is -4.23. The maximum atomic E-state index is 12.2. The average Bonchev–Trinajstić information content (AvgIpc) is 1.87. The largest absolute Gasteiger partial charge is 0.406 e. The second-order valence-electron chi connectivity index (χ2n) is 2.77. The van der Waals surface area contributed by atoms with Crippen LogP contribution in [0.3, 0.4) is 0 Å². The summed E-state index contributed by atoms with van der Waals surface area (Å²) < 4.78 is 36.6. The molecule has 0 amide bonds. The molecule has 11 heavy (non-hydrogen) atoms. The molecule has 0 unspecified atom stereocenters. The summed E-state index contributed by atoms with van der Waals surface area (Å²) in [5, 5.41) is 0. The van der Waals surface area contributed by atoms with Gasteiger partial charge in [0, 0.05) is 0 Å². The first-order chi connectivity index (χ1) is 4.96. The lowest BCUT2D eigenvalue weighted by atomic mass is 9.93. The molecule has 2 N–H and O–H groups in total. The van der Waals surface area contributed by atoms with Crippen molar-refractivity contribution in [3.8, 4) is 0 Å². The van der Waals surface area contributed by atoms with E-state index in [4.69, 9.17) is 5.73 Å². The molecule has 0 saturated carbocycles. The van der Waals surface area contributed by atoms with Crippen LogP contribution in [0.25, 0.3) is 0 Å². The van der Waals surface area contributed by atoms with Gasteiger partial charge in [0.2, 0.25) is 0 Å². The summed E-state index contributed by atoms with van der Waals surface area (Å²) >= 11 is 1.53. The van der Waals surface area contributed by atoms with E-state index in [2.05, 4.69) is 0 Å². The van der Waals surface area contributed by atoms with Crippen LogP contribution in [0.2, 0.25) is 0 Å². The van der Waals surface area contributed by atoms with Crippen molar-refractivity contribution < 1.29 is 13.2 Å². The number of thioether (sulfide) groups is 1. The Kier molecular flexibility index (Phi) is 2.39. The second-order valence-corrected chi connectivity index (χ2v) is 3.99. The van der Waals surface area contributed by atoms with Crippen molar-refractivity contribution in [2.45, 2.75) is 24.6 Å². The van der Waals surface area contributed by atoms with Gasteiger partial charge in [-0.3, -0.25) is 0 Å². The summed E-state index contributed by atoms with van der Waals surface area (Å²) in [5.74, 6) is 1.05. The summed E-state index contributed by atoms with van der Waals surface area (Å²) in [6, 6.07) is 0. The molecule has 5 heteroatoms. The Balaban J connectivity index is 2.64. The van der Waals surface area contributed by atoms with Gasteiger partial charge in [-0.2, -0.15) is 24.9 Å². The summed E-state index contributed by atoms with van der Waals surface area (Å²) in [6.07, 6.45) is -4.11. The third-order valence-electron chi connectivity index (χ3n) is 1.95. The van der Waals surface area contributed by atoms with E-state index in [-0.39, 0.29) is 12.8 Å². The standard InChI is InChI=1S/C6H10F3NS/c7-6(8,9)5(10)1-3-11-4-2-5/h1-4,10H2. The van der Waals surface area contributed by atoms with Gasteiger partial charge in [0.25, 0.3) is 0 Å². The highest BCUT2D eigenvalue weighted by molar-refractivity contribution is 7.99. The number of hydrogen-bond donors (Lipinski definition) is 1. The highest BCUT2D eigenvalue weighted by atomic mass is 32.2. The maximum absolute atomic E-state index is 12.2. The summed E-state index contributed by atoms with van der Waals surface area (Å²) in [7, 11) is 0. The zero-order valence-corrected chi connectivity index (χ0v) is 6.76. The van der Waals surface area contributed by atoms with E-state index in [0.717, 1.165) is 0 Å². The number of halogens is 3. The SMILES string of the molecule is NC1(C(F)(F)F)CCSCC1. The number of rotatable bonds is 0. The second kappa shape index (κ2) is 2.86. The monoisotopic (exact) mass is 185 g/mol. The Bertz CT molecular complexity index is 139. The van der Waals surface area contributed by atoms with E-state index in [0.29, 0.717) is 11.5 Å². The van der Waals surface area contributed by atoms with Gasteiger partial charge in [-0.15, -0.1) is 0 Å². The molecular weight excluding hydrogens is 175 g/mol. The molecule has 0 radical (unpaired) electrons. The van der Waals surface area contributed by atoms with Crippen molar-refractivity contribution in [3.05, 3.63) is 0 Å². The summed E-state index contributed by atoms with van der Waals surface area (Å²) in [5.41, 5.74) is 3.29. The van der Waals surface area contributed by atoms with Crippen molar-refractivity contribution in [2.24, 2.45) is 5.73 Å². The van der Waals surface area contributed by atoms with Crippen LogP contribution in [-0.2, 0) is 0 Å². The van der Waals surface area contributed by atoms with Crippen LogP contribution in [0.15, 0.2) is 0 Å². The molecule has 0 spiro atoms. The van der Waals surface area contributed by atoms with E-state index in [1.54, 1.807) is 0 Å². The van der Waals surface area contributed by atoms with Crippen LogP contribution in [0.5, 0.6) is 0 Å². The molecule has 0 aliphatic carbocycles. The predicted molar refractivity (Wildman–Crippen MR) is 39.5 cm³/mol. The Morgan fingerprint density at radius 3 is 1.91 bits per heavy atom. The van der Waals surface area contributed by atoms with Gasteiger partial charge in [-0.05, 0) is 24.3 Å². The summed E-state index contributed by atoms with van der Waals surface area (Å²) in [6.45, 7) is 0. The molecular formula is C6H10F3NS. The fourth-order valence-electron chi connectivity index (χ4n) is 1.02. The molecule has 0 bridgehead atoms. The molecule has 0 atom stereocenters. The fraction of sp³-hybridized carbons (Fsp3) is 1.00. The van der Waals surface area contributed by atoms with Crippen molar-refractivity contribution in [1.82, 2.24) is 0 Å². The lowest BCUT2D eigenvalue weighted by Gasteiger charge is -2.34. The highest BCUT2D eigenvalue weighted by Crippen LogP contribution is 2.38. The Morgan fingerprint density at radius 2 is 1.64 bits per heavy atom. The highest BCUT2D eigenvalue weighted by Gasteiger charge is 2.51. The molecule has 0 aromatic carbocycles. The minimum Gasteiger partial charge on any atom is -0.318 e. The average molecular weight is 185 g/mol. The van der Waals surface area contributed by atoms with Crippen molar-refractivity contribution >= 4 is 11.8 Å². The van der Waals surface area contributed by atoms with Crippen LogP contribution in [0, 0.1) is 0 Å². The topological polar surface area (TPSA) is 26.0 Å². The first-order valence-electron chi connectivity index (χ1n) is 3.39. The number of nitrogens with two attached hydrogens (primary N) is 1. The van der Waals surface area contributed by atoms with Crippen LogP contribution >= 0.6 is 11.8 Å². The normalized spacial score (nSPS) is 25.1. The van der Waals surface area contributed by atoms with Crippen LogP contribution < -0.4 is 5.73 Å². The third-order valence-corrected chi connectivity index (χ3v) is 2.94. The molecule has 1 saturated heterocycles. The summed E-state index contributed by atoms with van der Waals surface area (Å²) in [4.78, 5) is 0. The van der Waals surface area contributed by atoms with Crippen LogP contribution in [0.1, 0.15) is 12.8 Å². The molecule has 1 heterocycles.